The summed E-state index contributed by atoms with van der Waals surface area (Å²) in [4.78, 5) is 12.0. The van der Waals surface area contributed by atoms with Crippen LogP contribution in [0.2, 0.25) is 0 Å². The molecular formula is C21H23F2NO4. The van der Waals surface area contributed by atoms with Crippen molar-refractivity contribution in [2.24, 2.45) is 0 Å². The van der Waals surface area contributed by atoms with Crippen LogP contribution in [0.4, 0.5) is 8.78 Å². The van der Waals surface area contributed by atoms with E-state index in [1.807, 2.05) is 31.2 Å². The van der Waals surface area contributed by atoms with E-state index < -0.39 is 17.7 Å². The summed E-state index contributed by atoms with van der Waals surface area (Å²) in [5, 5.41) is 12.5. The second-order valence-electron chi connectivity index (χ2n) is 6.05. The van der Waals surface area contributed by atoms with Crippen LogP contribution in [0.5, 0.6) is 11.5 Å². The molecule has 0 aliphatic rings. The van der Waals surface area contributed by atoms with Crippen LogP contribution in [-0.4, -0.2) is 36.9 Å². The zero-order valence-electron chi connectivity index (χ0n) is 15.5. The number of carbonyl (C=O) groups is 1. The van der Waals surface area contributed by atoms with Crippen molar-refractivity contribution in [1.82, 2.24) is 5.32 Å². The molecule has 0 saturated heterocycles. The van der Waals surface area contributed by atoms with E-state index in [9.17, 15) is 18.7 Å². The van der Waals surface area contributed by atoms with Crippen LogP contribution in [0.3, 0.4) is 0 Å². The first-order chi connectivity index (χ1) is 13.5. The number of aliphatic hydroxyl groups excluding tert-OH is 1. The van der Waals surface area contributed by atoms with Gasteiger partial charge in [-0.25, -0.2) is 8.78 Å². The maximum absolute atomic E-state index is 13.1. The molecule has 0 spiro atoms. The molecule has 2 rings (SSSR count). The average molecular weight is 391 g/mol. The molecule has 2 aromatic carbocycles. The van der Waals surface area contributed by atoms with E-state index >= 15 is 0 Å². The highest BCUT2D eigenvalue weighted by atomic mass is 19.2. The van der Waals surface area contributed by atoms with Gasteiger partial charge in [-0.3, -0.25) is 4.79 Å². The molecule has 2 N–H and O–H groups in total. The minimum absolute atomic E-state index is 0.0278. The van der Waals surface area contributed by atoms with Crippen molar-refractivity contribution in [2.45, 2.75) is 19.4 Å². The van der Waals surface area contributed by atoms with Gasteiger partial charge >= 0.3 is 0 Å². The number of allylic oxidation sites excluding steroid dienone is 1. The van der Waals surface area contributed by atoms with Crippen molar-refractivity contribution < 1.29 is 28.2 Å². The van der Waals surface area contributed by atoms with Crippen LogP contribution < -0.4 is 14.8 Å². The molecule has 0 bridgehead atoms. The molecule has 2 aromatic rings. The van der Waals surface area contributed by atoms with Gasteiger partial charge in [0.15, 0.2) is 11.6 Å². The summed E-state index contributed by atoms with van der Waals surface area (Å²) in [6.07, 6.45) is 2.91. The molecular weight excluding hydrogens is 368 g/mol. The summed E-state index contributed by atoms with van der Waals surface area (Å²) in [5.74, 6) is -1.51. The molecule has 1 unspecified atom stereocenters. The topological polar surface area (TPSA) is 67.8 Å². The Labute approximate surface area is 162 Å². The summed E-state index contributed by atoms with van der Waals surface area (Å²) < 4.78 is 36.7. The quantitative estimate of drug-likeness (QED) is 0.611. The minimum Gasteiger partial charge on any atom is -0.491 e. The van der Waals surface area contributed by atoms with E-state index in [4.69, 9.17) is 9.47 Å². The van der Waals surface area contributed by atoms with Crippen molar-refractivity contribution in [3.63, 3.8) is 0 Å². The zero-order valence-corrected chi connectivity index (χ0v) is 15.5. The summed E-state index contributed by atoms with van der Waals surface area (Å²) in [6, 6.07) is 10.3. The average Bonchev–Trinajstić information content (AvgIpc) is 2.68. The fraction of sp³-hybridized carbons (Fsp3) is 0.286. The Morgan fingerprint density at radius 1 is 1.14 bits per heavy atom. The lowest BCUT2D eigenvalue weighted by molar-refractivity contribution is -0.121. The van der Waals surface area contributed by atoms with Gasteiger partial charge in [-0.1, -0.05) is 24.3 Å². The van der Waals surface area contributed by atoms with Gasteiger partial charge in [-0.15, -0.1) is 0 Å². The van der Waals surface area contributed by atoms with Crippen LogP contribution in [-0.2, 0) is 11.2 Å². The summed E-state index contributed by atoms with van der Waals surface area (Å²) >= 11 is 0. The Bertz CT molecular complexity index is 811. The maximum Gasteiger partial charge on any atom is 0.224 e. The first-order valence-corrected chi connectivity index (χ1v) is 8.83. The van der Waals surface area contributed by atoms with Crippen molar-refractivity contribution in [2.75, 3.05) is 19.8 Å². The van der Waals surface area contributed by atoms with Crippen molar-refractivity contribution in [1.29, 1.82) is 0 Å². The molecule has 150 valence electrons. The third kappa shape index (κ3) is 7.36. The number of rotatable bonds is 10. The number of nitrogens with one attached hydrogen (secondary N) is 1. The molecule has 0 aliphatic heterocycles. The second-order valence-corrected chi connectivity index (χ2v) is 6.05. The summed E-state index contributed by atoms with van der Waals surface area (Å²) in [6.45, 7) is 2.16. The van der Waals surface area contributed by atoms with Gasteiger partial charge in [-0.2, -0.15) is 0 Å². The standard InChI is InChI=1S/C21H23F2NO4/c1-2-3-9-27-17-6-4-5-15(10-17)11-21(26)24-13-16(25)14-28-18-7-8-19(22)20(23)12-18/h2-8,10,12,16,25H,9,11,13-14H2,1H3,(H,24,26)/b3-2+. The third-order valence-electron chi connectivity index (χ3n) is 3.71. The Morgan fingerprint density at radius 3 is 2.68 bits per heavy atom. The Balaban J connectivity index is 1.74. The molecule has 0 radical (unpaired) electrons. The van der Waals surface area contributed by atoms with E-state index in [-0.39, 0.29) is 31.2 Å². The summed E-state index contributed by atoms with van der Waals surface area (Å²) in [7, 11) is 0. The molecule has 0 heterocycles. The molecule has 7 heteroatoms. The van der Waals surface area contributed by atoms with Crippen LogP contribution in [0.15, 0.2) is 54.6 Å². The monoisotopic (exact) mass is 391 g/mol. The Hall–Kier alpha value is -2.93. The molecule has 1 amide bonds. The Morgan fingerprint density at radius 2 is 1.93 bits per heavy atom. The van der Waals surface area contributed by atoms with Crippen LogP contribution in [0.1, 0.15) is 12.5 Å². The molecule has 1 atom stereocenters. The predicted molar refractivity (Wildman–Crippen MR) is 101 cm³/mol. The van der Waals surface area contributed by atoms with Crippen LogP contribution in [0.25, 0.3) is 0 Å². The number of ether oxygens (including phenoxy) is 2. The number of hydrogen-bond donors (Lipinski definition) is 2. The van der Waals surface area contributed by atoms with Gasteiger partial charge in [0.1, 0.15) is 30.8 Å². The van der Waals surface area contributed by atoms with E-state index in [1.54, 1.807) is 12.1 Å². The van der Waals surface area contributed by atoms with E-state index in [0.29, 0.717) is 12.4 Å². The van der Waals surface area contributed by atoms with Crippen LogP contribution in [0, 0.1) is 11.6 Å². The van der Waals surface area contributed by atoms with Crippen LogP contribution >= 0.6 is 0 Å². The van der Waals surface area contributed by atoms with Crippen molar-refractivity contribution in [3.05, 3.63) is 71.8 Å². The van der Waals surface area contributed by atoms with Gasteiger partial charge < -0.3 is 19.9 Å². The number of aliphatic hydroxyl groups is 1. The molecule has 28 heavy (non-hydrogen) atoms. The van der Waals surface area contributed by atoms with E-state index in [0.717, 1.165) is 17.7 Å². The summed E-state index contributed by atoms with van der Waals surface area (Å²) in [5.41, 5.74) is 0.781. The number of carbonyl (C=O) groups excluding carboxylic acids is 1. The predicted octanol–water partition coefficient (Wildman–Crippen LogP) is 3.02. The first kappa shape index (κ1) is 21.4. The number of halogens is 2. The number of benzene rings is 2. The SMILES string of the molecule is C/C=C/COc1cccc(CC(=O)NCC(O)COc2ccc(F)c(F)c2)c1. The lowest BCUT2D eigenvalue weighted by atomic mass is 10.1. The highest BCUT2D eigenvalue weighted by Gasteiger charge is 2.10. The lowest BCUT2D eigenvalue weighted by Crippen LogP contribution is -2.36. The van der Waals surface area contributed by atoms with Gasteiger partial charge in [0.2, 0.25) is 5.91 Å². The largest absolute Gasteiger partial charge is 0.491 e. The minimum atomic E-state index is -1.03. The first-order valence-electron chi connectivity index (χ1n) is 8.83. The van der Waals surface area contributed by atoms with E-state index in [1.165, 1.54) is 6.07 Å². The van der Waals surface area contributed by atoms with Gasteiger partial charge in [0.05, 0.1) is 6.42 Å². The highest BCUT2D eigenvalue weighted by molar-refractivity contribution is 5.78. The number of hydrogen-bond acceptors (Lipinski definition) is 4. The fourth-order valence-corrected chi connectivity index (χ4v) is 2.28. The molecule has 5 nitrogen and oxygen atoms in total. The van der Waals surface area contributed by atoms with Crippen molar-refractivity contribution in [3.8, 4) is 11.5 Å². The van der Waals surface area contributed by atoms with Gasteiger partial charge in [0, 0.05) is 12.6 Å². The zero-order chi connectivity index (χ0) is 20.4. The third-order valence-corrected chi connectivity index (χ3v) is 3.71. The molecule has 0 aromatic heterocycles. The molecule has 0 saturated carbocycles. The van der Waals surface area contributed by atoms with Gasteiger partial charge in [0.25, 0.3) is 0 Å². The second kappa shape index (κ2) is 11.0. The lowest BCUT2D eigenvalue weighted by Gasteiger charge is -2.13. The smallest absolute Gasteiger partial charge is 0.224 e. The normalized spacial score (nSPS) is 12.0. The van der Waals surface area contributed by atoms with Crippen molar-refractivity contribution >= 4 is 5.91 Å². The fourth-order valence-electron chi connectivity index (χ4n) is 2.28. The highest BCUT2D eigenvalue weighted by Crippen LogP contribution is 2.16. The number of amides is 1. The van der Waals surface area contributed by atoms with Gasteiger partial charge in [-0.05, 0) is 36.8 Å². The van der Waals surface area contributed by atoms with E-state index in [2.05, 4.69) is 5.32 Å². The Kier molecular flexibility index (Phi) is 8.42. The molecule has 0 aliphatic carbocycles. The maximum atomic E-state index is 13.1. The molecule has 0 fully saturated rings.